The summed E-state index contributed by atoms with van der Waals surface area (Å²) in [7, 11) is -3.58. The number of alkyl halides is 3. The molecule has 2 aliphatic rings. The number of pyridine rings is 1. The number of hydrogen-bond acceptors (Lipinski definition) is 5. The standard InChI is InChI=1S/C36H42F4N2O4S/c1-2-25(24-47(44,45)32-14-10-29(37)11-15-32)16-17-35(18-19-35)34(43)41-23-27-21-30(20-26-6-4-3-5-7-26)42-33(22-27)28-8-12-31(13-9-28)46-36(38,39)40/h8-15,21-22,25-26H,2-7,16-20,23-24H2,1H3,(H,41,43). The number of hydrogen-bond donors (Lipinski definition) is 1. The summed E-state index contributed by atoms with van der Waals surface area (Å²) in [5.74, 6) is -0.526. The number of nitrogens with one attached hydrogen (secondary N) is 1. The fourth-order valence-corrected chi connectivity index (χ4v) is 8.33. The molecule has 5 rings (SSSR count). The monoisotopic (exact) mass is 674 g/mol. The van der Waals surface area contributed by atoms with E-state index in [0.717, 1.165) is 55.5 Å². The largest absolute Gasteiger partial charge is 0.573 e. The predicted octanol–water partition coefficient (Wildman–Crippen LogP) is 8.59. The zero-order valence-electron chi connectivity index (χ0n) is 26.6. The summed E-state index contributed by atoms with van der Waals surface area (Å²) in [5, 5.41) is 3.10. The van der Waals surface area contributed by atoms with Crippen LogP contribution in [0.4, 0.5) is 17.6 Å². The van der Waals surface area contributed by atoms with E-state index in [4.69, 9.17) is 4.98 Å². The first-order valence-corrected chi connectivity index (χ1v) is 18.1. The Balaban J connectivity index is 1.24. The molecular weight excluding hydrogens is 632 g/mol. The average molecular weight is 675 g/mol. The highest BCUT2D eigenvalue weighted by Crippen LogP contribution is 2.50. The molecule has 1 aromatic heterocycles. The van der Waals surface area contributed by atoms with Gasteiger partial charge >= 0.3 is 6.36 Å². The molecule has 6 nitrogen and oxygen atoms in total. The SMILES string of the molecule is CCC(CCC1(C(=O)NCc2cc(CC3CCCCC3)nc(-c3ccc(OC(F)(F)F)cc3)c2)CC1)CS(=O)(=O)c1ccc(F)cc1. The van der Waals surface area contributed by atoms with Crippen molar-refractivity contribution in [2.45, 2.75) is 95.4 Å². The summed E-state index contributed by atoms with van der Waals surface area (Å²) in [6.07, 6.45) is 5.18. The maximum absolute atomic E-state index is 13.5. The second-order valence-electron chi connectivity index (χ2n) is 13.1. The molecular formula is C36H42F4N2O4S. The lowest BCUT2D eigenvalue weighted by Crippen LogP contribution is -2.32. The Bertz CT molecular complexity index is 1620. The lowest BCUT2D eigenvalue weighted by atomic mass is 9.86. The molecule has 3 aromatic rings. The van der Waals surface area contributed by atoms with Crippen LogP contribution in [-0.4, -0.2) is 31.4 Å². The third-order valence-corrected chi connectivity index (χ3v) is 11.5. The van der Waals surface area contributed by atoms with Gasteiger partial charge in [-0.1, -0.05) is 45.4 Å². The van der Waals surface area contributed by atoms with Crippen molar-refractivity contribution in [3.05, 3.63) is 77.7 Å². The second-order valence-corrected chi connectivity index (χ2v) is 15.2. The third kappa shape index (κ3) is 9.78. The summed E-state index contributed by atoms with van der Waals surface area (Å²) in [6.45, 7) is 2.21. The second kappa shape index (κ2) is 14.7. The Morgan fingerprint density at radius 2 is 1.70 bits per heavy atom. The van der Waals surface area contributed by atoms with Gasteiger partial charge in [-0.2, -0.15) is 0 Å². The molecule has 2 aliphatic carbocycles. The summed E-state index contributed by atoms with van der Waals surface area (Å²) in [4.78, 5) is 18.4. The molecule has 1 amide bonds. The third-order valence-electron chi connectivity index (χ3n) is 9.57. The van der Waals surface area contributed by atoms with Gasteiger partial charge in [-0.15, -0.1) is 13.2 Å². The fourth-order valence-electron chi connectivity index (χ4n) is 6.56. The van der Waals surface area contributed by atoms with E-state index in [-0.39, 0.29) is 34.8 Å². The van der Waals surface area contributed by atoms with Crippen LogP contribution >= 0.6 is 0 Å². The number of rotatable bonds is 14. The number of carbonyl (C=O) groups is 1. The van der Waals surface area contributed by atoms with Gasteiger partial charge in [-0.3, -0.25) is 9.78 Å². The lowest BCUT2D eigenvalue weighted by molar-refractivity contribution is -0.274. The van der Waals surface area contributed by atoms with Gasteiger partial charge in [0.1, 0.15) is 11.6 Å². The van der Waals surface area contributed by atoms with Crippen molar-refractivity contribution in [2.75, 3.05) is 5.75 Å². The topological polar surface area (TPSA) is 85.4 Å². The number of sulfone groups is 1. The van der Waals surface area contributed by atoms with Crippen LogP contribution in [0.15, 0.2) is 65.6 Å². The molecule has 2 fully saturated rings. The van der Waals surface area contributed by atoms with E-state index < -0.39 is 27.4 Å². The molecule has 0 radical (unpaired) electrons. The van der Waals surface area contributed by atoms with Crippen LogP contribution in [0.1, 0.15) is 82.4 Å². The van der Waals surface area contributed by atoms with E-state index in [1.165, 1.54) is 43.5 Å². The number of amides is 1. The first kappa shape index (κ1) is 34.9. The quantitative estimate of drug-likeness (QED) is 0.137. The van der Waals surface area contributed by atoms with Crippen LogP contribution in [-0.2, 0) is 27.6 Å². The molecule has 1 heterocycles. The summed E-state index contributed by atoms with van der Waals surface area (Å²) < 4.78 is 81.2. The van der Waals surface area contributed by atoms with Crippen molar-refractivity contribution in [1.29, 1.82) is 0 Å². The molecule has 254 valence electrons. The number of nitrogens with zero attached hydrogens (tertiary/aromatic N) is 1. The Hall–Kier alpha value is -3.47. The van der Waals surface area contributed by atoms with Crippen LogP contribution in [0.5, 0.6) is 5.75 Å². The number of carbonyl (C=O) groups excluding carboxylic acids is 1. The lowest BCUT2D eigenvalue weighted by Gasteiger charge is -2.22. The number of ether oxygens (including phenoxy) is 1. The van der Waals surface area contributed by atoms with Gasteiger partial charge in [0.25, 0.3) is 0 Å². The van der Waals surface area contributed by atoms with Gasteiger partial charge in [-0.05, 0) is 110 Å². The molecule has 1 N–H and O–H groups in total. The maximum atomic E-state index is 13.5. The van der Waals surface area contributed by atoms with Crippen LogP contribution in [0, 0.1) is 23.1 Å². The van der Waals surface area contributed by atoms with Crippen LogP contribution < -0.4 is 10.1 Å². The van der Waals surface area contributed by atoms with Crippen LogP contribution in [0.2, 0.25) is 0 Å². The van der Waals surface area contributed by atoms with Crippen LogP contribution in [0.3, 0.4) is 0 Å². The minimum absolute atomic E-state index is 0.0558. The van der Waals surface area contributed by atoms with Gasteiger partial charge in [0.2, 0.25) is 5.91 Å². The molecule has 1 atom stereocenters. The van der Waals surface area contributed by atoms with Gasteiger partial charge in [0.15, 0.2) is 9.84 Å². The fraction of sp³-hybridized carbons (Fsp3) is 0.500. The van der Waals surface area contributed by atoms with Gasteiger partial charge < -0.3 is 10.1 Å². The van der Waals surface area contributed by atoms with E-state index in [1.807, 2.05) is 19.1 Å². The molecule has 0 aliphatic heterocycles. The van der Waals surface area contributed by atoms with Crippen molar-refractivity contribution >= 4 is 15.7 Å². The molecule has 0 bridgehead atoms. The summed E-state index contributed by atoms with van der Waals surface area (Å²) in [6, 6.07) is 14.4. The minimum Gasteiger partial charge on any atom is -0.406 e. The van der Waals surface area contributed by atoms with E-state index in [1.54, 1.807) is 12.1 Å². The first-order chi connectivity index (χ1) is 22.3. The highest BCUT2D eigenvalue weighted by molar-refractivity contribution is 7.91. The van der Waals surface area contributed by atoms with Crippen molar-refractivity contribution < 1.29 is 35.5 Å². The Morgan fingerprint density at radius 3 is 2.32 bits per heavy atom. The molecule has 11 heteroatoms. The number of aromatic nitrogens is 1. The zero-order valence-corrected chi connectivity index (χ0v) is 27.4. The average Bonchev–Trinajstić information content (AvgIpc) is 3.83. The van der Waals surface area contributed by atoms with Gasteiger partial charge in [-0.25, -0.2) is 12.8 Å². The van der Waals surface area contributed by atoms with Crippen molar-refractivity contribution in [1.82, 2.24) is 10.3 Å². The normalized spacial score (nSPS) is 17.2. The number of benzene rings is 2. The van der Waals surface area contributed by atoms with E-state index in [2.05, 4.69) is 10.1 Å². The van der Waals surface area contributed by atoms with E-state index >= 15 is 0 Å². The Morgan fingerprint density at radius 1 is 1.02 bits per heavy atom. The van der Waals surface area contributed by atoms with Crippen molar-refractivity contribution in [3.63, 3.8) is 0 Å². The van der Waals surface area contributed by atoms with E-state index in [0.29, 0.717) is 36.4 Å². The molecule has 2 aromatic carbocycles. The molecule has 0 spiro atoms. The van der Waals surface area contributed by atoms with Crippen molar-refractivity contribution in [3.8, 4) is 17.0 Å². The zero-order chi connectivity index (χ0) is 33.7. The Labute approximate surface area is 274 Å². The Kier molecular flexibility index (Phi) is 10.9. The van der Waals surface area contributed by atoms with Gasteiger partial charge in [0.05, 0.1) is 16.3 Å². The maximum Gasteiger partial charge on any atom is 0.573 e. The molecule has 2 saturated carbocycles. The highest BCUT2D eigenvalue weighted by atomic mass is 32.2. The molecule has 47 heavy (non-hydrogen) atoms. The predicted molar refractivity (Wildman–Crippen MR) is 172 cm³/mol. The van der Waals surface area contributed by atoms with Crippen molar-refractivity contribution in [2.24, 2.45) is 17.3 Å². The summed E-state index contributed by atoms with van der Waals surface area (Å²) in [5.41, 5.74) is 2.50. The van der Waals surface area contributed by atoms with Gasteiger partial charge in [0, 0.05) is 23.2 Å². The van der Waals surface area contributed by atoms with Crippen LogP contribution in [0.25, 0.3) is 11.3 Å². The number of halogens is 4. The highest BCUT2D eigenvalue weighted by Gasteiger charge is 2.49. The smallest absolute Gasteiger partial charge is 0.406 e. The first-order valence-electron chi connectivity index (χ1n) is 16.5. The summed E-state index contributed by atoms with van der Waals surface area (Å²) >= 11 is 0. The van der Waals surface area contributed by atoms with E-state index in [9.17, 15) is 30.8 Å². The molecule has 1 unspecified atom stereocenters. The molecule has 0 saturated heterocycles. The minimum atomic E-state index is -4.77.